The van der Waals surface area contributed by atoms with E-state index in [0.29, 0.717) is 17.0 Å². The third-order valence-corrected chi connectivity index (χ3v) is 7.07. The number of aromatic nitrogens is 2. The quantitative estimate of drug-likeness (QED) is 0.156. The molecule has 1 N–H and O–H groups in total. The van der Waals surface area contributed by atoms with E-state index in [2.05, 4.69) is 17.1 Å². The first kappa shape index (κ1) is 29.8. The number of carbonyl (C=O) groups excluding carboxylic acids is 1. The number of aryl methyl sites for hydroxylation is 1. The van der Waals surface area contributed by atoms with E-state index in [9.17, 15) is 13.2 Å². The maximum atomic E-state index is 12.1. The molecule has 0 amide bonds. The summed E-state index contributed by atoms with van der Waals surface area (Å²) >= 11 is 7.10. The molecule has 0 radical (unpaired) electrons. The van der Waals surface area contributed by atoms with Crippen molar-refractivity contribution in [1.82, 2.24) is 10.2 Å². The minimum absolute atomic E-state index is 0.0278. The summed E-state index contributed by atoms with van der Waals surface area (Å²) in [5.74, 6) is 1.10. The molecule has 1 aromatic heterocycles. The second-order valence-electron chi connectivity index (χ2n) is 7.95. The lowest BCUT2D eigenvalue weighted by molar-refractivity contribution is 0.227. The highest BCUT2D eigenvalue weighted by atomic mass is 35.5. The van der Waals surface area contributed by atoms with Crippen molar-refractivity contribution >= 4 is 38.8 Å². The zero-order chi connectivity index (χ0) is 26.4. The summed E-state index contributed by atoms with van der Waals surface area (Å²) in [6, 6.07) is 17.3. The molecule has 0 spiro atoms. The number of unbranched alkanes of at least 4 members (excludes halogenated alkanes) is 5. The first-order chi connectivity index (χ1) is 17.2. The molecule has 0 aliphatic rings. The fourth-order valence-electron chi connectivity index (χ4n) is 3.23. The molecule has 3 aromatic rings. The fourth-order valence-corrected chi connectivity index (χ4v) is 4.76. The smallest absolute Gasteiger partial charge is 0.372 e. The number of nitrogens with zero attached hydrogens (tertiary/aromatic N) is 2. The molecule has 36 heavy (non-hydrogen) atoms. The van der Waals surface area contributed by atoms with Gasteiger partial charge in [-0.2, -0.15) is 8.42 Å². The Morgan fingerprint density at radius 1 is 0.972 bits per heavy atom. The Labute approximate surface area is 222 Å². The highest BCUT2D eigenvalue weighted by Gasteiger charge is 2.14. The van der Waals surface area contributed by atoms with Gasteiger partial charge < -0.3 is 4.74 Å². The molecular weight excluding hydrogens is 520 g/mol. The molecule has 0 bridgehead atoms. The van der Waals surface area contributed by atoms with Crippen LogP contribution in [0.2, 0.25) is 5.15 Å². The van der Waals surface area contributed by atoms with Gasteiger partial charge in [-0.05, 0) is 36.7 Å². The van der Waals surface area contributed by atoms with Gasteiger partial charge in [0, 0.05) is 17.4 Å². The molecule has 7 nitrogen and oxygen atoms in total. The van der Waals surface area contributed by atoms with Gasteiger partial charge in [0.05, 0.1) is 4.90 Å². The summed E-state index contributed by atoms with van der Waals surface area (Å²) in [6.07, 6.45) is 7.20. The van der Waals surface area contributed by atoms with Crippen LogP contribution in [0.15, 0.2) is 65.6 Å². The van der Waals surface area contributed by atoms with Gasteiger partial charge in [-0.3, -0.25) is 4.55 Å². The summed E-state index contributed by atoms with van der Waals surface area (Å²) in [4.78, 5) is 12.1. The number of hydrogen-bond acceptors (Lipinski definition) is 7. The molecule has 194 valence electrons. The third-order valence-electron chi connectivity index (χ3n) is 5.06. The van der Waals surface area contributed by atoms with Gasteiger partial charge in [-0.15, -0.1) is 10.2 Å². The average molecular weight is 551 g/mol. The first-order valence-electron chi connectivity index (χ1n) is 11.7. The Kier molecular flexibility index (Phi) is 12.9. The Bertz CT molecular complexity index is 1210. The van der Waals surface area contributed by atoms with E-state index in [1.54, 1.807) is 25.1 Å². The number of halogens is 1. The van der Waals surface area contributed by atoms with Crippen LogP contribution in [0.1, 0.15) is 51.0 Å². The predicted octanol–water partition coefficient (Wildman–Crippen LogP) is 7.63. The van der Waals surface area contributed by atoms with Gasteiger partial charge >= 0.3 is 5.30 Å². The lowest BCUT2D eigenvalue weighted by Crippen LogP contribution is -2.04. The van der Waals surface area contributed by atoms with Gasteiger partial charge in [-0.25, -0.2) is 4.79 Å². The maximum Gasteiger partial charge on any atom is 0.372 e. The van der Waals surface area contributed by atoms with Crippen LogP contribution in [0.3, 0.4) is 0 Å². The van der Waals surface area contributed by atoms with E-state index < -0.39 is 10.1 Å². The highest BCUT2D eigenvalue weighted by Crippen LogP contribution is 2.30. The van der Waals surface area contributed by atoms with Crippen LogP contribution in [0, 0.1) is 6.92 Å². The van der Waals surface area contributed by atoms with Crippen LogP contribution >= 0.6 is 23.4 Å². The second kappa shape index (κ2) is 15.6. The lowest BCUT2D eigenvalue weighted by atomic mass is 10.1. The number of hydrogen-bond donors (Lipinski definition) is 1. The van der Waals surface area contributed by atoms with Gasteiger partial charge in [-0.1, -0.05) is 99.2 Å². The molecule has 0 aliphatic carbocycles. The second-order valence-corrected chi connectivity index (χ2v) is 10.8. The van der Waals surface area contributed by atoms with E-state index in [0.717, 1.165) is 24.2 Å². The van der Waals surface area contributed by atoms with Crippen molar-refractivity contribution in [2.75, 3.05) is 5.75 Å². The zero-order valence-electron chi connectivity index (χ0n) is 20.4. The molecule has 3 rings (SSSR count). The summed E-state index contributed by atoms with van der Waals surface area (Å²) in [5, 5.41) is 7.78. The van der Waals surface area contributed by atoms with Gasteiger partial charge in [0.25, 0.3) is 10.1 Å². The molecule has 0 aliphatic heterocycles. The molecule has 0 fully saturated rings. The van der Waals surface area contributed by atoms with Gasteiger partial charge in [0.1, 0.15) is 5.69 Å². The molecule has 0 unspecified atom stereocenters. The topological polar surface area (TPSA) is 106 Å². The van der Waals surface area contributed by atoms with Crippen molar-refractivity contribution in [3.05, 3.63) is 71.4 Å². The molecular formula is C26H31ClN2O5S2. The Balaban J connectivity index is 0.000000346. The van der Waals surface area contributed by atoms with Crippen molar-refractivity contribution in [2.45, 2.75) is 57.3 Å². The van der Waals surface area contributed by atoms with Crippen LogP contribution in [0.25, 0.3) is 11.3 Å². The van der Waals surface area contributed by atoms with E-state index in [-0.39, 0.29) is 15.3 Å². The Hall–Kier alpha value is -2.46. The Morgan fingerprint density at radius 3 is 2.25 bits per heavy atom. The summed E-state index contributed by atoms with van der Waals surface area (Å²) < 4.78 is 35.3. The SMILES string of the molecule is CCCCCCCCSC(=O)Oc1cc(Cl)nnc1-c1ccccc1.Cc1ccccc1S(=O)(=O)O. The predicted molar refractivity (Wildman–Crippen MR) is 145 cm³/mol. The van der Waals surface area contributed by atoms with E-state index in [4.69, 9.17) is 20.9 Å². The van der Waals surface area contributed by atoms with Gasteiger partial charge in [0.15, 0.2) is 10.9 Å². The maximum absolute atomic E-state index is 12.1. The normalized spacial score (nSPS) is 10.9. The van der Waals surface area contributed by atoms with Gasteiger partial charge in [0.2, 0.25) is 0 Å². The van der Waals surface area contributed by atoms with E-state index in [1.807, 2.05) is 30.3 Å². The number of thioether (sulfide) groups is 1. The van der Waals surface area contributed by atoms with Crippen LogP contribution in [-0.4, -0.2) is 34.2 Å². The standard InChI is InChI=1S/C19H23ClN2O2S.C7H8O3S/c1-2-3-4-5-6-10-13-25-19(23)24-16-14-17(20)21-22-18(16)15-11-8-7-9-12-15;1-6-4-2-3-5-7(6)11(8,9)10/h7-9,11-12,14H,2-6,10,13H2,1H3;2-5H,1H3,(H,8,9,10). The molecule has 0 saturated heterocycles. The number of carbonyl (C=O) groups is 1. The number of benzene rings is 2. The molecule has 0 saturated carbocycles. The zero-order valence-corrected chi connectivity index (χ0v) is 22.8. The summed E-state index contributed by atoms with van der Waals surface area (Å²) in [7, 11) is -4.03. The molecule has 0 atom stereocenters. The number of ether oxygens (including phenoxy) is 1. The van der Waals surface area contributed by atoms with Crippen molar-refractivity contribution < 1.29 is 22.5 Å². The van der Waals surface area contributed by atoms with Crippen LogP contribution < -0.4 is 4.74 Å². The van der Waals surface area contributed by atoms with E-state index in [1.165, 1.54) is 49.6 Å². The molecule has 2 aromatic carbocycles. The van der Waals surface area contributed by atoms with Crippen molar-refractivity contribution in [2.24, 2.45) is 0 Å². The lowest BCUT2D eigenvalue weighted by Gasteiger charge is -2.09. The van der Waals surface area contributed by atoms with Crippen LogP contribution in [-0.2, 0) is 10.1 Å². The van der Waals surface area contributed by atoms with Crippen LogP contribution in [0.4, 0.5) is 4.79 Å². The van der Waals surface area contributed by atoms with Crippen molar-refractivity contribution in [3.63, 3.8) is 0 Å². The van der Waals surface area contributed by atoms with Crippen molar-refractivity contribution in [3.8, 4) is 17.0 Å². The fraction of sp³-hybridized carbons (Fsp3) is 0.346. The number of rotatable bonds is 10. The first-order valence-corrected chi connectivity index (χ1v) is 14.5. The van der Waals surface area contributed by atoms with Crippen LogP contribution in [0.5, 0.6) is 5.75 Å². The largest absolute Gasteiger partial charge is 0.416 e. The summed E-state index contributed by atoms with van der Waals surface area (Å²) in [6.45, 7) is 3.83. The average Bonchev–Trinajstić information content (AvgIpc) is 2.84. The Morgan fingerprint density at radius 2 is 1.61 bits per heavy atom. The third kappa shape index (κ3) is 10.7. The minimum Gasteiger partial charge on any atom is -0.416 e. The van der Waals surface area contributed by atoms with Crippen molar-refractivity contribution in [1.29, 1.82) is 0 Å². The monoisotopic (exact) mass is 550 g/mol. The highest BCUT2D eigenvalue weighted by molar-refractivity contribution is 8.13. The van der Waals surface area contributed by atoms with E-state index >= 15 is 0 Å². The molecule has 1 heterocycles. The summed E-state index contributed by atoms with van der Waals surface area (Å²) in [5.41, 5.74) is 1.89. The minimum atomic E-state index is -4.03. The molecule has 10 heteroatoms.